The van der Waals surface area contributed by atoms with Crippen LogP contribution in [0.1, 0.15) is 34.9 Å². The standard InChI is InChI=1S/C22H27N5O2/c1-25(11-12-28)22(29)21-16-27(24-23-21)20-7-4-10-26(15-20)14-17-8-9-18-5-2-3-6-19(18)13-17/h2-3,5-6,8-9,13,16,20,28H,4,7,10-12,14-15H2,1H3/t20-/m0/s1. The molecule has 152 valence electrons. The van der Waals surface area contributed by atoms with Crippen molar-refractivity contribution in [1.29, 1.82) is 0 Å². The van der Waals surface area contributed by atoms with Gasteiger partial charge in [-0.25, -0.2) is 4.68 Å². The Morgan fingerprint density at radius 2 is 2.07 bits per heavy atom. The highest BCUT2D eigenvalue weighted by Gasteiger charge is 2.24. The third-order valence-electron chi connectivity index (χ3n) is 5.59. The molecule has 4 rings (SSSR count). The summed E-state index contributed by atoms with van der Waals surface area (Å²) in [4.78, 5) is 16.2. The van der Waals surface area contributed by atoms with Crippen LogP contribution >= 0.6 is 0 Å². The van der Waals surface area contributed by atoms with Crippen LogP contribution in [0.15, 0.2) is 48.7 Å². The smallest absolute Gasteiger partial charge is 0.275 e. The molecule has 1 N–H and O–H groups in total. The average molecular weight is 393 g/mol. The van der Waals surface area contributed by atoms with E-state index in [1.165, 1.54) is 21.2 Å². The Hall–Kier alpha value is -2.77. The van der Waals surface area contributed by atoms with Crippen molar-refractivity contribution >= 4 is 16.7 Å². The van der Waals surface area contributed by atoms with Gasteiger partial charge in [-0.3, -0.25) is 9.69 Å². The van der Waals surface area contributed by atoms with Gasteiger partial charge in [-0.15, -0.1) is 5.10 Å². The first-order valence-corrected chi connectivity index (χ1v) is 10.1. The van der Waals surface area contributed by atoms with E-state index in [1.54, 1.807) is 13.2 Å². The van der Waals surface area contributed by atoms with E-state index < -0.39 is 0 Å². The summed E-state index contributed by atoms with van der Waals surface area (Å²) in [5.74, 6) is -0.214. The molecule has 1 amide bonds. The fourth-order valence-electron chi connectivity index (χ4n) is 3.99. The lowest BCUT2D eigenvalue weighted by molar-refractivity contribution is 0.0761. The van der Waals surface area contributed by atoms with Gasteiger partial charge in [0.25, 0.3) is 5.91 Å². The summed E-state index contributed by atoms with van der Waals surface area (Å²) >= 11 is 0. The van der Waals surface area contributed by atoms with Gasteiger partial charge in [0.2, 0.25) is 0 Å². The maximum absolute atomic E-state index is 12.3. The molecule has 1 saturated heterocycles. The number of nitrogens with zero attached hydrogens (tertiary/aromatic N) is 5. The first kappa shape index (κ1) is 19.5. The predicted octanol–water partition coefficient (Wildman–Crippen LogP) is 2.33. The summed E-state index contributed by atoms with van der Waals surface area (Å²) < 4.78 is 1.83. The summed E-state index contributed by atoms with van der Waals surface area (Å²) in [6, 6.07) is 15.3. The first-order valence-electron chi connectivity index (χ1n) is 10.1. The van der Waals surface area contributed by atoms with Crippen molar-refractivity contribution in [3.63, 3.8) is 0 Å². The van der Waals surface area contributed by atoms with Crippen molar-refractivity contribution in [2.75, 3.05) is 33.3 Å². The molecule has 1 aliphatic rings. The number of carbonyl (C=O) groups is 1. The van der Waals surface area contributed by atoms with E-state index in [0.717, 1.165) is 32.5 Å². The number of aliphatic hydroxyl groups is 1. The van der Waals surface area contributed by atoms with E-state index in [4.69, 9.17) is 5.11 Å². The molecule has 1 aliphatic heterocycles. The number of benzene rings is 2. The fourth-order valence-corrected chi connectivity index (χ4v) is 3.99. The van der Waals surface area contributed by atoms with E-state index >= 15 is 0 Å². The van der Waals surface area contributed by atoms with Gasteiger partial charge in [0.05, 0.1) is 18.8 Å². The Morgan fingerprint density at radius 3 is 2.90 bits per heavy atom. The highest BCUT2D eigenvalue weighted by molar-refractivity contribution is 5.91. The number of aliphatic hydroxyl groups excluding tert-OH is 1. The molecular weight excluding hydrogens is 366 g/mol. The molecule has 0 spiro atoms. The van der Waals surface area contributed by atoms with Crippen molar-refractivity contribution in [1.82, 2.24) is 24.8 Å². The minimum Gasteiger partial charge on any atom is -0.395 e. The van der Waals surface area contributed by atoms with Gasteiger partial charge in [-0.2, -0.15) is 0 Å². The zero-order valence-electron chi connectivity index (χ0n) is 16.7. The number of piperidine rings is 1. The van der Waals surface area contributed by atoms with Crippen LogP contribution in [-0.4, -0.2) is 69.1 Å². The summed E-state index contributed by atoms with van der Waals surface area (Å²) in [5.41, 5.74) is 1.64. The van der Waals surface area contributed by atoms with Crippen LogP contribution in [0.2, 0.25) is 0 Å². The minimum atomic E-state index is -0.214. The Morgan fingerprint density at radius 1 is 1.24 bits per heavy atom. The van der Waals surface area contributed by atoms with Gasteiger partial charge in [0, 0.05) is 26.7 Å². The van der Waals surface area contributed by atoms with Gasteiger partial charge >= 0.3 is 0 Å². The van der Waals surface area contributed by atoms with Gasteiger partial charge in [0.1, 0.15) is 0 Å². The topological polar surface area (TPSA) is 74.5 Å². The Kier molecular flexibility index (Phi) is 5.87. The number of fused-ring (bicyclic) bond motifs is 1. The van der Waals surface area contributed by atoms with Gasteiger partial charge in [-0.1, -0.05) is 41.6 Å². The molecule has 0 saturated carbocycles. The maximum atomic E-state index is 12.3. The van der Waals surface area contributed by atoms with E-state index in [9.17, 15) is 4.79 Å². The molecule has 0 radical (unpaired) electrons. The fraction of sp³-hybridized carbons (Fsp3) is 0.409. The molecule has 1 aromatic heterocycles. The molecular formula is C22H27N5O2. The lowest BCUT2D eigenvalue weighted by atomic mass is 10.0. The van der Waals surface area contributed by atoms with Crippen LogP contribution < -0.4 is 0 Å². The highest BCUT2D eigenvalue weighted by atomic mass is 16.3. The second kappa shape index (κ2) is 8.71. The van der Waals surface area contributed by atoms with E-state index in [0.29, 0.717) is 5.69 Å². The van der Waals surface area contributed by atoms with Crippen LogP contribution in [0.5, 0.6) is 0 Å². The third kappa shape index (κ3) is 4.46. The molecule has 7 nitrogen and oxygen atoms in total. The number of amides is 1. The van der Waals surface area contributed by atoms with Crippen molar-refractivity contribution in [3.8, 4) is 0 Å². The Balaban J connectivity index is 1.42. The molecule has 0 aliphatic carbocycles. The number of hydrogen-bond acceptors (Lipinski definition) is 5. The van der Waals surface area contributed by atoms with Crippen LogP contribution in [-0.2, 0) is 6.54 Å². The number of carbonyl (C=O) groups excluding carboxylic acids is 1. The van der Waals surface area contributed by atoms with E-state index in [1.807, 2.05) is 4.68 Å². The second-order valence-corrected chi connectivity index (χ2v) is 7.75. The van der Waals surface area contributed by atoms with Crippen LogP contribution in [0.3, 0.4) is 0 Å². The quantitative estimate of drug-likeness (QED) is 0.696. The predicted molar refractivity (Wildman–Crippen MR) is 112 cm³/mol. The lowest BCUT2D eigenvalue weighted by Crippen LogP contribution is -2.36. The van der Waals surface area contributed by atoms with Gasteiger partial charge < -0.3 is 10.0 Å². The number of hydrogen-bond donors (Lipinski definition) is 1. The summed E-state index contributed by atoms with van der Waals surface area (Å²) in [6.07, 6.45) is 3.85. The lowest BCUT2D eigenvalue weighted by Gasteiger charge is -2.32. The Labute approximate surface area is 170 Å². The maximum Gasteiger partial charge on any atom is 0.275 e. The van der Waals surface area contributed by atoms with E-state index in [-0.39, 0.29) is 25.1 Å². The summed E-state index contributed by atoms with van der Waals surface area (Å²) in [6.45, 7) is 3.07. The highest BCUT2D eigenvalue weighted by Crippen LogP contribution is 2.24. The van der Waals surface area contributed by atoms with Crippen LogP contribution in [0.25, 0.3) is 10.8 Å². The average Bonchev–Trinajstić information content (AvgIpc) is 3.24. The van der Waals surface area contributed by atoms with Crippen molar-refractivity contribution in [2.45, 2.75) is 25.4 Å². The molecule has 0 bridgehead atoms. The summed E-state index contributed by atoms with van der Waals surface area (Å²) in [5, 5.41) is 19.8. The van der Waals surface area contributed by atoms with Gasteiger partial charge in [-0.05, 0) is 41.8 Å². The number of likely N-dealkylation sites (tertiary alicyclic amines) is 1. The molecule has 1 fully saturated rings. The van der Waals surface area contributed by atoms with E-state index in [2.05, 4.69) is 57.7 Å². The Bertz CT molecular complexity index is 986. The minimum absolute atomic E-state index is 0.0667. The normalized spacial score (nSPS) is 17.5. The van der Waals surface area contributed by atoms with Crippen molar-refractivity contribution < 1.29 is 9.90 Å². The molecule has 1 atom stereocenters. The number of aromatic nitrogens is 3. The molecule has 2 aromatic carbocycles. The SMILES string of the molecule is CN(CCO)C(=O)c1cn([C@H]2CCCN(Cc3ccc4ccccc4c3)C2)nn1. The molecule has 2 heterocycles. The molecule has 7 heteroatoms. The van der Waals surface area contributed by atoms with Crippen LogP contribution in [0.4, 0.5) is 0 Å². The second-order valence-electron chi connectivity index (χ2n) is 7.75. The zero-order chi connectivity index (χ0) is 20.2. The molecule has 29 heavy (non-hydrogen) atoms. The first-order chi connectivity index (χ1) is 14.1. The van der Waals surface area contributed by atoms with Gasteiger partial charge in [0.15, 0.2) is 5.69 Å². The molecule has 3 aromatic rings. The summed E-state index contributed by atoms with van der Waals surface area (Å²) in [7, 11) is 1.66. The largest absolute Gasteiger partial charge is 0.395 e. The van der Waals surface area contributed by atoms with Crippen molar-refractivity contribution in [3.05, 3.63) is 59.9 Å². The molecule has 0 unspecified atom stereocenters. The number of likely N-dealkylation sites (N-methyl/N-ethyl adjacent to an activating group) is 1. The van der Waals surface area contributed by atoms with Crippen LogP contribution in [0, 0.1) is 0 Å². The third-order valence-corrected chi connectivity index (χ3v) is 5.59. The number of rotatable bonds is 6. The zero-order valence-corrected chi connectivity index (χ0v) is 16.7. The monoisotopic (exact) mass is 393 g/mol. The van der Waals surface area contributed by atoms with Crippen molar-refractivity contribution in [2.24, 2.45) is 0 Å².